The molecule has 0 saturated carbocycles. The van der Waals surface area contributed by atoms with Crippen LogP contribution in [-0.4, -0.2) is 42.6 Å². The third-order valence-electron chi connectivity index (χ3n) is 6.74. The van der Waals surface area contributed by atoms with Crippen molar-refractivity contribution in [3.05, 3.63) is 5.56 Å². The summed E-state index contributed by atoms with van der Waals surface area (Å²) in [6, 6.07) is 0. The van der Waals surface area contributed by atoms with Gasteiger partial charge in [-0.3, -0.25) is 0 Å². The maximum atomic E-state index is 12.4. The van der Waals surface area contributed by atoms with E-state index in [-0.39, 0.29) is 28.6 Å². The van der Waals surface area contributed by atoms with E-state index in [1.165, 1.54) is 32.1 Å². The monoisotopic (exact) mass is 552 g/mol. The fourth-order valence-electron chi connectivity index (χ4n) is 4.37. The Hall–Kier alpha value is -2.31. The first kappa shape index (κ1) is 34.7. The molecule has 0 bridgehead atoms. The van der Waals surface area contributed by atoms with E-state index in [0.717, 1.165) is 77.0 Å². The molecule has 0 fully saturated rings. The first-order valence-electron chi connectivity index (χ1n) is 15.7. The van der Waals surface area contributed by atoms with Crippen LogP contribution in [0.25, 0.3) is 0 Å². The number of phenols is 1. The van der Waals surface area contributed by atoms with Gasteiger partial charge in [-0.1, -0.05) is 111 Å². The van der Waals surface area contributed by atoms with Gasteiger partial charge in [0.2, 0.25) is 17.2 Å². The van der Waals surface area contributed by atoms with Gasteiger partial charge >= 0.3 is 5.97 Å². The van der Waals surface area contributed by atoms with Gasteiger partial charge in [0, 0.05) is 0 Å². The molecule has 0 spiro atoms. The van der Waals surface area contributed by atoms with E-state index < -0.39 is 11.7 Å². The molecule has 1 rings (SSSR count). The Kier molecular flexibility index (Phi) is 20.0. The van der Waals surface area contributed by atoms with Crippen LogP contribution in [-0.2, 0) is 0 Å². The lowest BCUT2D eigenvalue weighted by atomic mass is 10.1. The van der Waals surface area contributed by atoms with Crippen LogP contribution in [0.5, 0.6) is 28.7 Å². The zero-order valence-electron chi connectivity index (χ0n) is 25.3. The SMILES string of the molecule is CCCCCCCCCCOc1c(O)c(C(=O)O)c(OCCCCC)c(OCCCCC)c1OCCCCC. The molecule has 7 heteroatoms. The van der Waals surface area contributed by atoms with Crippen LogP contribution in [0.4, 0.5) is 0 Å². The number of unbranched alkanes of at least 4 members (excludes halogenated alkanes) is 13. The molecule has 0 amide bonds. The zero-order chi connectivity index (χ0) is 28.7. The lowest BCUT2D eigenvalue weighted by Crippen LogP contribution is -2.12. The highest BCUT2D eigenvalue weighted by Gasteiger charge is 2.32. The fraction of sp³-hybridized carbons (Fsp3) is 0.781. The van der Waals surface area contributed by atoms with Gasteiger partial charge in [0.15, 0.2) is 17.1 Å². The minimum atomic E-state index is -1.29. The van der Waals surface area contributed by atoms with E-state index in [1.54, 1.807) is 0 Å². The Balaban J connectivity index is 3.24. The summed E-state index contributed by atoms with van der Waals surface area (Å²) in [5.41, 5.74) is -0.330. The summed E-state index contributed by atoms with van der Waals surface area (Å²) in [5.74, 6) is -1.21. The standard InChI is InChI=1S/C32H56O7/c1-5-9-13-14-15-16-17-21-25-37-29-27(33)26(32(34)35)28(36-22-18-10-6-2)30(38-23-19-11-7-3)31(29)39-24-20-12-8-4/h33H,5-25H2,1-4H3,(H,34,35). The van der Waals surface area contributed by atoms with Crippen LogP contribution in [0.15, 0.2) is 0 Å². The fourth-order valence-corrected chi connectivity index (χ4v) is 4.37. The molecule has 226 valence electrons. The first-order valence-corrected chi connectivity index (χ1v) is 15.7. The molecule has 0 heterocycles. The molecule has 0 aliphatic rings. The number of aromatic carboxylic acids is 1. The van der Waals surface area contributed by atoms with Crippen LogP contribution in [0.1, 0.15) is 147 Å². The van der Waals surface area contributed by atoms with Crippen LogP contribution in [0.3, 0.4) is 0 Å². The molecule has 1 aromatic rings. The smallest absolute Gasteiger partial charge is 0.343 e. The molecule has 39 heavy (non-hydrogen) atoms. The summed E-state index contributed by atoms with van der Waals surface area (Å²) in [6.07, 6.45) is 17.7. The second-order valence-corrected chi connectivity index (χ2v) is 10.3. The van der Waals surface area contributed by atoms with Crippen LogP contribution in [0.2, 0.25) is 0 Å². The molecule has 0 aliphatic carbocycles. The first-order chi connectivity index (χ1) is 19.0. The van der Waals surface area contributed by atoms with Gasteiger partial charge in [-0.2, -0.15) is 0 Å². The van der Waals surface area contributed by atoms with Gasteiger partial charge in [-0.05, 0) is 25.7 Å². The topological polar surface area (TPSA) is 94.5 Å². The minimum Gasteiger partial charge on any atom is -0.503 e. The highest BCUT2D eigenvalue weighted by Crippen LogP contribution is 2.53. The molecule has 0 saturated heterocycles. The molecular weight excluding hydrogens is 496 g/mol. The number of rotatable bonds is 26. The van der Waals surface area contributed by atoms with Gasteiger partial charge in [0.25, 0.3) is 0 Å². The lowest BCUT2D eigenvalue weighted by molar-refractivity contribution is 0.0685. The summed E-state index contributed by atoms with van der Waals surface area (Å²) in [7, 11) is 0. The molecule has 1 aromatic carbocycles. The van der Waals surface area contributed by atoms with Crippen molar-refractivity contribution in [2.75, 3.05) is 26.4 Å². The molecule has 2 N–H and O–H groups in total. The van der Waals surface area contributed by atoms with Crippen LogP contribution < -0.4 is 18.9 Å². The van der Waals surface area contributed by atoms with Crippen molar-refractivity contribution < 1.29 is 34.0 Å². The number of carbonyl (C=O) groups is 1. The van der Waals surface area contributed by atoms with Crippen molar-refractivity contribution >= 4 is 5.97 Å². The summed E-state index contributed by atoms with van der Waals surface area (Å²) in [4.78, 5) is 12.4. The van der Waals surface area contributed by atoms with Crippen LogP contribution in [0, 0.1) is 0 Å². The molecule has 0 radical (unpaired) electrons. The van der Waals surface area contributed by atoms with Gasteiger partial charge in [-0.15, -0.1) is 0 Å². The number of carboxylic acid groups (broad SMARTS) is 1. The molecule has 0 unspecified atom stereocenters. The van der Waals surface area contributed by atoms with E-state index in [2.05, 4.69) is 27.7 Å². The van der Waals surface area contributed by atoms with Gasteiger partial charge in [-0.25, -0.2) is 4.79 Å². The molecule has 0 aliphatic heterocycles. The maximum absolute atomic E-state index is 12.4. The van der Waals surface area contributed by atoms with E-state index in [9.17, 15) is 15.0 Å². The summed E-state index contributed by atoms with van der Waals surface area (Å²) in [5, 5.41) is 21.2. The summed E-state index contributed by atoms with van der Waals surface area (Å²) < 4.78 is 24.4. The van der Waals surface area contributed by atoms with E-state index in [1.807, 2.05) is 0 Å². The Bertz CT molecular complexity index is 779. The summed E-state index contributed by atoms with van der Waals surface area (Å²) >= 11 is 0. The van der Waals surface area contributed by atoms with Gasteiger partial charge < -0.3 is 29.2 Å². The predicted octanol–water partition coefficient (Wildman–Crippen LogP) is 9.32. The number of carboxylic acids is 1. The average molecular weight is 553 g/mol. The number of hydrogen-bond acceptors (Lipinski definition) is 6. The third kappa shape index (κ3) is 13.5. The maximum Gasteiger partial charge on any atom is 0.343 e. The normalized spacial score (nSPS) is 11.0. The highest BCUT2D eigenvalue weighted by atomic mass is 16.6. The Morgan fingerprint density at radius 2 is 0.795 bits per heavy atom. The van der Waals surface area contributed by atoms with Crippen molar-refractivity contribution in [1.82, 2.24) is 0 Å². The second kappa shape index (κ2) is 22.5. The summed E-state index contributed by atoms with van der Waals surface area (Å²) in [6.45, 7) is 10.0. The Morgan fingerprint density at radius 1 is 0.487 bits per heavy atom. The van der Waals surface area contributed by atoms with E-state index in [4.69, 9.17) is 18.9 Å². The molecule has 7 nitrogen and oxygen atoms in total. The number of benzene rings is 1. The lowest BCUT2D eigenvalue weighted by Gasteiger charge is -2.23. The zero-order valence-corrected chi connectivity index (χ0v) is 25.3. The average Bonchev–Trinajstić information content (AvgIpc) is 2.92. The van der Waals surface area contributed by atoms with Crippen molar-refractivity contribution in [3.63, 3.8) is 0 Å². The minimum absolute atomic E-state index is 0.0255. The Morgan fingerprint density at radius 3 is 1.23 bits per heavy atom. The Labute approximate surface area is 237 Å². The molecular formula is C32H56O7. The largest absolute Gasteiger partial charge is 0.503 e. The third-order valence-corrected chi connectivity index (χ3v) is 6.74. The van der Waals surface area contributed by atoms with Gasteiger partial charge in [0.05, 0.1) is 26.4 Å². The van der Waals surface area contributed by atoms with Crippen LogP contribution >= 0.6 is 0 Å². The van der Waals surface area contributed by atoms with Crippen molar-refractivity contribution in [2.24, 2.45) is 0 Å². The van der Waals surface area contributed by atoms with Crippen molar-refractivity contribution in [3.8, 4) is 28.7 Å². The highest BCUT2D eigenvalue weighted by molar-refractivity contribution is 5.97. The quantitative estimate of drug-likeness (QED) is 0.111. The number of aromatic hydroxyl groups is 1. The van der Waals surface area contributed by atoms with Crippen molar-refractivity contribution in [2.45, 2.75) is 137 Å². The second-order valence-electron chi connectivity index (χ2n) is 10.3. The molecule has 0 atom stereocenters. The molecule has 0 aromatic heterocycles. The van der Waals surface area contributed by atoms with E-state index >= 15 is 0 Å². The number of hydrogen-bond donors (Lipinski definition) is 2. The number of ether oxygens (including phenoxy) is 4. The van der Waals surface area contributed by atoms with Crippen molar-refractivity contribution in [1.29, 1.82) is 0 Å². The predicted molar refractivity (Wildman–Crippen MR) is 158 cm³/mol. The van der Waals surface area contributed by atoms with Gasteiger partial charge in [0.1, 0.15) is 0 Å². The van der Waals surface area contributed by atoms with E-state index in [0.29, 0.717) is 26.4 Å².